The predicted octanol–water partition coefficient (Wildman–Crippen LogP) is -1.41. The molecule has 266 valence electrons. The second-order valence-electron chi connectivity index (χ2n) is 11.9. The molecule has 6 amide bonds. The van der Waals surface area contributed by atoms with Gasteiger partial charge in [-0.2, -0.15) is 0 Å². The number of hydrogen-bond acceptors (Lipinski definition) is 9. The van der Waals surface area contributed by atoms with Crippen molar-refractivity contribution in [3.05, 3.63) is 65.7 Å². The Balaban J connectivity index is 2.02. The van der Waals surface area contributed by atoms with Gasteiger partial charge < -0.3 is 48.3 Å². The van der Waals surface area contributed by atoms with E-state index in [0.29, 0.717) is 11.1 Å². The maximum absolute atomic E-state index is 13.5. The second-order valence-corrected chi connectivity index (χ2v) is 11.9. The van der Waals surface area contributed by atoms with Gasteiger partial charge in [0.1, 0.15) is 23.9 Å². The number of nitrogens with two attached hydrogens (primary N) is 2. The normalized spacial score (nSPS) is 13.2. The molecule has 0 unspecified atom stereocenters. The van der Waals surface area contributed by atoms with Crippen LogP contribution in [0.5, 0.6) is 5.75 Å². The maximum atomic E-state index is 13.5. The Bertz CT molecular complexity index is 1450. The molecule has 0 aromatic heterocycles. The minimum absolute atomic E-state index is 0.0215. The maximum Gasteiger partial charge on any atom is 0.326 e. The number of carboxylic acid groups (broad SMARTS) is 1. The molecule has 0 spiro atoms. The number of carboxylic acids is 1. The van der Waals surface area contributed by atoms with Crippen molar-refractivity contribution in [1.82, 2.24) is 26.6 Å². The van der Waals surface area contributed by atoms with Gasteiger partial charge in [0.2, 0.25) is 35.4 Å². The summed E-state index contributed by atoms with van der Waals surface area (Å²) in [4.78, 5) is 87.0. The molecule has 11 N–H and O–H groups in total. The number of phenols is 1. The lowest BCUT2D eigenvalue weighted by Gasteiger charge is -2.25. The van der Waals surface area contributed by atoms with E-state index >= 15 is 0 Å². The Hall–Kier alpha value is -5.51. The largest absolute Gasteiger partial charge is 0.508 e. The van der Waals surface area contributed by atoms with E-state index in [1.165, 1.54) is 12.1 Å². The molecule has 0 radical (unpaired) electrons. The van der Waals surface area contributed by atoms with Crippen LogP contribution in [0.3, 0.4) is 0 Å². The van der Waals surface area contributed by atoms with Crippen LogP contribution < -0.4 is 38.1 Å². The minimum Gasteiger partial charge on any atom is -0.508 e. The van der Waals surface area contributed by atoms with Crippen molar-refractivity contribution in [2.75, 3.05) is 13.1 Å². The van der Waals surface area contributed by atoms with Crippen LogP contribution in [0.4, 0.5) is 0 Å². The molecular weight excluding hydrogens is 638 g/mol. The van der Waals surface area contributed by atoms with Gasteiger partial charge in [0.25, 0.3) is 0 Å². The van der Waals surface area contributed by atoms with Gasteiger partial charge in [-0.1, -0.05) is 56.3 Å². The fourth-order valence-electron chi connectivity index (χ4n) is 4.61. The van der Waals surface area contributed by atoms with Gasteiger partial charge in [-0.3, -0.25) is 28.8 Å². The predicted molar refractivity (Wildman–Crippen MR) is 177 cm³/mol. The van der Waals surface area contributed by atoms with E-state index in [1.54, 1.807) is 56.3 Å². The zero-order valence-corrected chi connectivity index (χ0v) is 27.4. The SMILES string of the molecule is CC(C)C[C@H](NC(=O)[C@H](Cc1ccccc1)NC(=O)CNC(=O)CNC(=O)[C@@H](N)Cc1ccc(O)cc1)C(=O)N[C@@H](CCC(N)=O)C(=O)O. The Morgan fingerprint density at radius 3 is 1.86 bits per heavy atom. The summed E-state index contributed by atoms with van der Waals surface area (Å²) in [5, 5.41) is 31.1. The first-order valence-electron chi connectivity index (χ1n) is 15.7. The molecule has 0 saturated carbocycles. The van der Waals surface area contributed by atoms with Crippen molar-refractivity contribution in [1.29, 1.82) is 0 Å². The summed E-state index contributed by atoms with van der Waals surface area (Å²) >= 11 is 0. The van der Waals surface area contributed by atoms with Gasteiger partial charge in [-0.25, -0.2) is 4.79 Å². The average Bonchev–Trinajstić information content (AvgIpc) is 3.04. The van der Waals surface area contributed by atoms with E-state index in [9.17, 15) is 43.8 Å². The monoisotopic (exact) mass is 683 g/mol. The highest BCUT2D eigenvalue weighted by molar-refractivity contribution is 5.95. The van der Waals surface area contributed by atoms with Crippen LogP contribution in [0.2, 0.25) is 0 Å². The number of hydrogen-bond donors (Lipinski definition) is 9. The van der Waals surface area contributed by atoms with Crippen molar-refractivity contribution >= 4 is 41.4 Å². The summed E-state index contributed by atoms with van der Waals surface area (Å²) in [5.41, 5.74) is 12.4. The molecular formula is C33H45N7O9. The van der Waals surface area contributed by atoms with E-state index in [2.05, 4.69) is 26.6 Å². The van der Waals surface area contributed by atoms with E-state index in [-0.39, 0.29) is 43.8 Å². The zero-order chi connectivity index (χ0) is 36.5. The van der Waals surface area contributed by atoms with Crippen molar-refractivity contribution in [2.24, 2.45) is 17.4 Å². The number of benzene rings is 2. The van der Waals surface area contributed by atoms with E-state index < -0.39 is 78.7 Å². The van der Waals surface area contributed by atoms with Gasteiger partial charge in [-0.15, -0.1) is 0 Å². The van der Waals surface area contributed by atoms with Gasteiger partial charge in [0.15, 0.2) is 0 Å². The molecule has 0 aliphatic heterocycles. The molecule has 2 aromatic carbocycles. The van der Waals surface area contributed by atoms with Gasteiger partial charge >= 0.3 is 5.97 Å². The number of amides is 6. The fraction of sp³-hybridized carbons (Fsp3) is 0.424. The van der Waals surface area contributed by atoms with Crippen LogP contribution in [0.25, 0.3) is 0 Å². The Kier molecular flexibility index (Phi) is 16.2. The van der Waals surface area contributed by atoms with Gasteiger partial charge in [-0.05, 0) is 48.4 Å². The Morgan fingerprint density at radius 2 is 1.27 bits per heavy atom. The number of nitrogens with one attached hydrogen (secondary N) is 5. The summed E-state index contributed by atoms with van der Waals surface area (Å²) in [6.45, 7) is 2.59. The van der Waals surface area contributed by atoms with E-state index in [1.807, 2.05) is 0 Å². The third kappa shape index (κ3) is 15.3. The molecule has 4 atom stereocenters. The molecule has 2 rings (SSSR count). The van der Waals surface area contributed by atoms with Crippen LogP contribution in [-0.4, -0.2) is 88.9 Å². The number of aliphatic carboxylic acids is 1. The third-order valence-electron chi connectivity index (χ3n) is 7.17. The van der Waals surface area contributed by atoms with E-state index in [4.69, 9.17) is 11.5 Å². The number of carbonyl (C=O) groups is 7. The average molecular weight is 684 g/mol. The number of aromatic hydroxyl groups is 1. The molecule has 0 heterocycles. The summed E-state index contributed by atoms with van der Waals surface area (Å²) in [7, 11) is 0. The lowest BCUT2D eigenvalue weighted by Crippen LogP contribution is -2.57. The van der Waals surface area contributed by atoms with Crippen LogP contribution in [0, 0.1) is 5.92 Å². The quantitative estimate of drug-likeness (QED) is 0.0786. The first kappa shape index (κ1) is 39.7. The highest BCUT2D eigenvalue weighted by Gasteiger charge is 2.30. The van der Waals surface area contributed by atoms with Crippen LogP contribution in [0.15, 0.2) is 54.6 Å². The fourth-order valence-corrected chi connectivity index (χ4v) is 4.61. The Labute approximate surface area is 283 Å². The van der Waals surface area contributed by atoms with Crippen molar-refractivity contribution in [3.8, 4) is 5.75 Å². The molecule has 0 fully saturated rings. The number of phenolic OH excluding ortho intramolecular Hbond substituents is 1. The van der Waals surface area contributed by atoms with Crippen LogP contribution >= 0.6 is 0 Å². The lowest BCUT2D eigenvalue weighted by molar-refractivity contribution is -0.142. The molecule has 0 aliphatic rings. The zero-order valence-electron chi connectivity index (χ0n) is 27.4. The number of primary amides is 1. The summed E-state index contributed by atoms with van der Waals surface area (Å²) in [5.74, 6) is -5.71. The van der Waals surface area contributed by atoms with Gasteiger partial charge in [0.05, 0.1) is 19.1 Å². The highest BCUT2D eigenvalue weighted by Crippen LogP contribution is 2.11. The van der Waals surface area contributed by atoms with Crippen LogP contribution in [-0.2, 0) is 46.4 Å². The topological polar surface area (TPSA) is 272 Å². The number of carbonyl (C=O) groups excluding carboxylic acids is 6. The number of rotatable bonds is 20. The third-order valence-corrected chi connectivity index (χ3v) is 7.17. The molecule has 0 aliphatic carbocycles. The van der Waals surface area contributed by atoms with Gasteiger partial charge in [0, 0.05) is 12.8 Å². The summed E-state index contributed by atoms with van der Waals surface area (Å²) in [6, 6.07) is 10.1. The summed E-state index contributed by atoms with van der Waals surface area (Å²) < 4.78 is 0. The summed E-state index contributed by atoms with van der Waals surface area (Å²) in [6.07, 6.45) is -0.204. The first-order chi connectivity index (χ1) is 23.1. The van der Waals surface area contributed by atoms with E-state index in [0.717, 1.165) is 0 Å². The second kappa shape index (κ2) is 20.0. The highest BCUT2D eigenvalue weighted by atomic mass is 16.4. The molecule has 0 saturated heterocycles. The molecule has 16 nitrogen and oxygen atoms in total. The molecule has 16 heteroatoms. The first-order valence-corrected chi connectivity index (χ1v) is 15.7. The van der Waals surface area contributed by atoms with Crippen molar-refractivity contribution in [2.45, 2.75) is 70.1 Å². The lowest BCUT2D eigenvalue weighted by atomic mass is 10.0. The minimum atomic E-state index is -1.42. The van der Waals surface area contributed by atoms with Crippen molar-refractivity contribution < 1.29 is 43.8 Å². The molecule has 0 bridgehead atoms. The molecule has 2 aromatic rings. The van der Waals surface area contributed by atoms with Crippen LogP contribution in [0.1, 0.15) is 44.2 Å². The standard InChI is InChI=1S/C33H45N7O9/c1-19(2)14-25(31(46)39-24(33(48)49)12-13-27(35)42)40-32(47)26(16-20-6-4-3-5-7-20)38-29(44)18-36-28(43)17-37-30(45)23(34)15-21-8-10-22(41)11-9-21/h3-11,19,23-26,41H,12-18,34H2,1-2H3,(H2,35,42)(H,36,43)(H,37,45)(H,38,44)(H,39,46)(H,40,47)(H,48,49)/t23-,24-,25-,26-/m0/s1. The molecule has 49 heavy (non-hydrogen) atoms. The smallest absolute Gasteiger partial charge is 0.326 e. The Morgan fingerprint density at radius 1 is 0.694 bits per heavy atom. The van der Waals surface area contributed by atoms with Crippen molar-refractivity contribution in [3.63, 3.8) is 0 Å².